The molecule has 0 aliphatic heterocycles. The highest BCUT2D eigenvalue weighted by Crippen LogP contribution is 2.38. The molecule has 0 radical (unpaired) electrons. The second-order valence-corrected chi connectivity index (χ2v) is 5.28. The number of unbranched alkanes of at least 4 members (excludes halogenated alkanes) is 1. The SMILES string of the molecule is CCCCc1cc(SC)c2occc2c1OC(C)=O. The van der Waals surface area contributed by atoms with Crippen LogP contribution < -0.4 is 4.74 Å². The van der Waals surface area contributed by atoms with E-state index >= 15 is 0 Å². The number of hydrogen-bond acceptors (Lipinski definition) is 4. The van der Waals surface area contributed by atoms with Crippen LogP contribution in [0.15, 0.2) is 27.7 Å². The molecule has 4 heteroatoms. The van der Waals surface area contributed by atoms with Gasteiger partial charge in [-0.25, -0.2) is 0 Å². The highest BCUT2D eigenvalue weighted by atomic mass is 32.2. The van der Waals surface area contributed by atoms with Gasteiger partial charge in [-0.05, 0) is 36.8 Å². The molecule has 0 saturated carbocycles. The molecule has 1 heterocycles. The molecule has 0 saturated heterocycles. The molecule has 0 aliphatic rings. The first-order valence-electron chi connectivity index (χ1n) is 6.42. The summed E-state index contributed by atoms with van der Waals surface area (Å²) in [5.41, 5.74) is 1.87. The molecule has 3 nitrogen and oxygen atoms in total. The number of aryl methyl sites for hydroxylation is 1. The fourth-order valence-corrected chi connectivity index (χ4v) is 2.71. The maximum Gasteiger partial charge on any atom is 0.308 e. The van der Waals surface area contributed by atoms with Crippen molar-refractivity contribution < 1.29 is 13.9 Å². The van der Waals surface area contributed by atoms with E-state index in [0.717, 1.165) is 40.7 Å². The average Bonchev–Trinajstić information content (AvgIpc) is 2.86. The molecule has 1 aromatic heterocycles. The van der Waals surface area contributed by atoms with Gasteiger partial charge < -0.3 is 9.15 Å². The third-order valence-corrected chi connectivity index (χ3v) is 3.74. The van der Waals surface area contributed by atoms with Crippen LogP contribution in [0.3, 0.4) is 0 Å². The lowest BCUT2D eigenvalue weighted by atomic mass is 10.0. The van der Waals surface area contributed by atoms with E-state index in [9.17, 15) is 4.79 Å². The molecular weight excluding hydrogens is 260 g/mol. The van der Waals surface area contributed by atoms with Crippen LogP contribution in [0.25, 0.3) is 11.0 Å². The predicted octanol–water partition coefficient (Wildman–Crippen LogP) is 4.42. The third-order valence-electron chi connectivity index (χ3n) is 3.00. The summed E-state index contributed by atoms with van der Waals surface area (Å²) < 4.78 is 10.9. The second kappa shape index (κ2) is 6.15. The summed E-state index contributed by atoms with van der Waals surface area (Å²) in [4.78, 5) is 12.4. The van der Waals surface area contributed by atoms with Gasteiger partial charge >= 0.3 is 5.97 Å². The lowest BCUT2D eigenvalue weighted by Crippen LogP contribution is -2.05. The monoisotopic (exact) mass is 278 g/mol. The van der Waals surface area contributed by atoms with Crippen molar-refractivity contribution in [1.82, 2.24) is 0 Å². The number of thioether (sulfide) groups is 1. The van der Waals surface area contributed by atoms with Crippen LogP contribution in [0.2, 0.25) is 0 Å². The van der Waals surface area contributed by atoms with Crippen molar-refractivity contribution >= 4 is 28.7 Å². The van der Waals surface area contributed by atoms with Gasteiger partial charge in [0, 0.05) is 6.92 Å². The number of fused-ring (bicyclic) bond motifs is 1. The van der Waals surface area contributed by atoms with Crippen LogP contribution in [0.1, 0.15) is 32.3 Å². The van der Waals surface area contributed by atoms with Crippen LogP contribution >= 0.6 is 11.8 Å². The first kappa shape index (κ1) is 14.0. The van der Waals surface area contributed by atoms with Crippen molar-refractivity contribution in [3.63, 3.8) is 0 Å². The highest BCUT2D eigenvalue weighted by molar-refractivity contribution is 7.98. The Balaban J connectivity index is 2.57. The minimum absolute atomic E-state index is 0.294. The topological polar surface area (TPSA) is 39.4 Å². The number of carbonyl (C=O) groups excluding carboxylic acids is 1. The largest absolute Gasteiger partial charge is 0.463 e. The molecule has 0 amide bonds. The van der Waals surface area contributed by atoms with E-state index in [1.165, 1.54) is 6.92 Å². The molecule has 0 bridgehead atoms. The Morgan fingerprint density at radius 1 is 1.47 bits per heavy atom. The Morgan fingerprint density at radius 2 is 2.26 bits per heavy atom. The molecule has 19 heavy (non-hydrogen) atoms. The van der Waals surface area contributed by atoms with Gasteiger partial charge in [0.15, 0.2) is 5.58 Å². The van der Waals surface area contributed by atoms with Crippen molar-refractivity contribution in [2.24, 2.45) is 0 Å². The highest BCUT2D eigenvalue weighted by Gasteiger charge is 2.16. The Hall–Kier alpha value is -1.42. The van der Waals surface area contributed by atoms with Gasteiger partial charge in [0.25, 0.3) is 0 Å². The molecule has 102 valence electrons. The predicted molar refractivity (Wildman–Crippen MR) is 77.9 cm³/mol. The van der Waals surface area contributed by atoms with Gasteiger partial charge in [0.2, 0.25) is 0 Å². The lowest BCUT2D eigenvalue weighted by Gasteiger charge is -2.12. The third kappa shape index (κ3) is 2.95. The summed E-state index contributed by atoms with van der Waals surface area (Å²) in [5, 5.41) is 0.883. The van der Waals surface area contributed by atoms with Crippen molar-refractivity contribution in [2.45, 2.75) is 38.0 Å². The standard InChI is InChI=1S/C15H18O3S/c1-4-5-6-11-9-13(19-3)15-12(7-8-17-15)14(11)18-10(2)16/h7-9H,4-6H2,1-3H3. The van der Waals surface area contributed by atoms with Gasteiger partial charge in [0.1, 0.15) is 5.75 Å². The minimum Gasteiger partial charge on any atom is -0.463 e. The number of ether oxygens (including phenoxy) is 1. The summed E-state index contributed by atoms with van der Waals surface area (Å²) in [6.45, 7) is 3.58. The molecular formula is C15H18O3S. The van der Waals surface area contributed by atoms with Crippen molar-refractivity contribution in [3.05, 3.63) is 24.0 Å². The van der Waals surface area contributed by atoms with Gasteiger partial charge in [-0.2, -0.15) is 0 Å². The second-order valence-electron chi connectivity index (χ2n) is 4.43. The zero-order valence-electron chi connectivity index (χ0n) is 11.5. The van der Waals surface area contributed by atoms with E-state index in [2.05, 4.69) is 13.0 Å². The van der Waals surface area contributed by atoms with Gasteiger partial charge in [-0.15, -0.1) is 11.8 Å². The Bertz CT molecular complexity index is 586. The molecule has 0 N–H and O–H groups in total. The molecule has 2 rings (SSSR count). The summed E-state index contributed by atoms with van der Waals surface area (Å²) in [7, 11) is 0. The Morgan fingerprint density at radius 3 is 2.89 bits per heavy atom. The van der Waals surface area contributed by atoms with Crippen LogP contribution in [0.4, 0.5) is 0 Å². The molecule has 1 aromatic carbocycles. The summed E-state index contributed by atoms with van der Waals surface area (Å²) in [5.74, 6) is 0.361. The number of hydrogen-bond donors (Lipinski definition) is 0. The molecule has 0 unspecified atom stereocenters. The Labute approximate surface area is 117 Å². The van der Waals surface area contributed by atoms with Crippen LogP contribution in [0.5, 0.6) is 5.75 Å². The van der Waals surface area contributed by atoms with Crippen LogP contribution in [0, 0.1) is 0 Å². The summed E-state index contributed by atoms with van der Waals surface area (Å²) in [6.07, 6.45) is 6.75. The number of carbonyl (C=O) groups is 1. The van der Waals surface area contributed by atoms with Gasteiger partial charge in [0.05, 0.1) is 16.5 Å². The van der Waals surface area contributed by atoms with Gasteiger partial charge in [-0.1, -0.05) is 13.3 Å². The molecule has 2 aromatic rings. The molecule has 0 spiro atoms. The zero-order chi connectivity index (χ0) is 13.8. The van der Waals surface area contributed by atoms with Crippen molar-refractivity contribution in [1.29, 1.82) is 0 Å². The quantitative estimate of drug-likeness (QED) is 0.461. The molecule has 0 atom stereocenters. The number of rotatable bonds is 5. The molecule has 0 fully saturated rings. The lowest BCUT2D eigenvalue weighted by molar-refractivity contribution is -0.131. The molecule has 0 aliphatic carbocycles. The number of esters is 1. The number of benzene rings is 1. The maximum absolute atomic E-state index is 11.3. The maximum atomic E-state index is 11.3. The van der Waals surface area contributed by atoms with Crippen LogP contribution in [-0.4, -0.2) is 12.2 Å². The first-order valence-corrected chi connectivity index (χ1v) is 7.65. The van der Waals surface area contributed by atoms with Crippen LogP contribution in [-0.2, 0) is 11.2 Å². The van der Waals surface area contributed by atoms with E-state index in [-0.39, 0.29) is 5.97 Å². The zero-order valence-corrected chi connectivity index (χ0v) is 12.3. The summed E-state index contributed by atoms with van der Waals surface area (Å²) >= 11 is 1.64. The Kier molecular flexibility index (Phi) is 4.53. The number of furan rings is 1. The fourth-order valence-electron chi connectivity index (χ4n) is 2.11. The fraction of sp³-hybridized carbons (Fsp3) is 0.400. The van der Waals surface area contributed by atoms with Gasteiger partial charge in [-0.3, -0.25) is 4.79 Å². The average molecular weight is 278 g/mol. The van der Waals surface area contributed by atoms with E-state index in [1.807, 2.05) is 12.3 Å². The van der Waals surface area contributed by atoms with Crippen molar-refractivity contribution in [3.8, 4) is 5.75 Å². The van der Waals surface area contributed by atoms with E-state index in [0.29, 0.717) is 5.75 Å². The van der Waals surface area contributed by atoms with E-state index < -0.39 is 0 Å². The first-order chi connectivity index (χ1) is 9.17. The normalized spacial score (nSPS) is 10.9. The van der Waals surface area contributed by atoms with E-state index in [1.54, 1.807) is 18.0 Å². The van der Waals surface area contributed by atoms with Crippen molar-refractivity contribution in [2.75, 3.05) is 6.26 Å². The van der Waals surface area contributed by atoms with E-state index in [4.69, 9.17) is 9.15 Å². The smallest absolute Gasteiger partial charge is 0.308 e. The summed E-state index contributed by atoms with van der Waals surface area (Å²) in [6, 6.07) is 3.94. The minimum atomic E-state index is -0.294.